The molecule has 30 heavy (non-hydrogen) atoms. The van der Waals surface area contributed by atoms with Gasteiger partial charge in [-0.1, -0.05) is 43.3 Å². The fourth-order valence-electron chi connectivity index (χ4n) is 3.54. The largest absolute Gasteiger partial charge is 0.348 e. The molecule has 0 saturated carbocycles. The molecule has 1 aliphatic heterocycles. The summed E-state index contributed by atoms with van der Waals surface area (Å²) in [5.41, 5.74) is 2.29. The third-order valence-corrected chi connectivity index (χ3v) is 7.35. The molecule has 0 aromatic heterocycles. The second-order valence-corrected chi connectivity index (χ2v) is 9.40. The Morgan fingerprint density at radius 3 is 2.30 bits per heavy atom. The summed E-state index contributed by atoms with van der Waals surface area (Å²) < 4.78 is 40.5. The first kappa shape index (κ1) is 22.4. The molecule has 1 aliphatic rings. The van der Waals surface area contributed by atoms with Gasteiger partial charge in [-0.15, -0.1) is 0 Å². The molecule has 1 fully saturated rings. The average Bonchev–Trinajstić information content (AvgIpc) is 2.74. The topological polar surface area (TPSA) is 69.7 Å². The Hall–Kier alpha value is -2.29. The van der Waals surface area contributed by atoms with Crippen LogP contribution in [0.5, 0.6) is 0 Å². The summed E-state index contributed by atoms with van der Waals surface area (Å²) in [4.78, 5) is 14.0. The first-order valence-corrected chi connectivity index (χ1v) is 11.6. The maximum absolute atomic E-state index is 13.9. The Balaban J connectivity index is 1.51. The maximum atomic E-state index is 13.9. The zero-order valence-corrected chi connectivity index (χ0v) is 18.2. The highest BCUT2D eigenvalue weighted by Crippen LogP contribution is 2.20. The second kappa shape index (κ2) is 9.68. The number of aryl methyl sites for hydroxylation is 1. The van der Waals surface area contributed by atoms with E-state index in [2.05, 4.69) is 24.4 Å². The Bertz CT molecular complexity index is 971. The van der Waals surface area contributed by atoms with E-state index in [1.165, 1.54) is 28.1 Å². The number of nitrogens with zero attached hydrogens (tertiary/aromatic N) is 2. The van der Waals surface area contributed by atoms with Crippen molar-refractivity contribution >= 4 is 15.9 Å². The molecule has 8 heteroatoms. The van der Waals surface area contributed by atoms with Crippen LogP contribution >= 0.6 is 0 Å². The Morgan fingerprint density at radius 1 is 1.07 bits per heavy atom. The summed E-state index contributed by atoms with van der Waals surface area (Å²) >= 11 is 0. The quantitative estimate of drug-likeness (QED) is 0.729. The van der Waals surface area contributed by atoms with Gasteiger partial charge in [-0.25, -0.2) is 12.8 Å². The van der Waals surface area contributed by atoms with Crippen molar-refractivity contribution in [1.82, 2.24) is 14.5 Å². The summed E-state index contributed by atoms with van der Waals surface area (Å²) in [6.45, 7) is 5.52. The number of sulfonamides is 1. The lowest BCUT2D eigenvalue weighted by Crippen LogP contribution is -2.51. The van der Waals surface area contributed by atoms with E-state index in [4.69, 9.17) is 0 Å². The van der Waals surface area contributed by atoms with Gasteiger partial charge in [-0.05, 0) is 36.6 Å². The van der Waals surface area contributed by atoms with Crippen LogP contribution in [0.4, 0.5) is 4.39 Å². The van der Waals surface area contributed by atoms with Gasteiger partial charge in [0.25, 0.3) is 0 Å². The van der Waals surface area contributed by atoms with Crippen molar-refractivity contribution in [2.75, 3.05) is 32.7 Å². The van der Waals surface area contributed by atoms with Crippen molar-refractivity contribution < 1.29 is 17.6 Å². The molecule has 0 aliphatic carbocycles. The van der Waals surface area contributed by atoms with E-state index < -0.39 is 15.8 Å². The van der Waals surface area contributed by atoms with Crippen molar-refractivity contribution in [1.29, 1.82) is 0 Å². The molecule has 1 unspecified atom stereocenters. The van der Waals surface area contributed by atoms with Crippen molar-refractivity contribution in [3.05, 3.63) is 65.5 Å². The summed E-state index contributed by atoms with van der Waals surface area (Å²) in [5.74, 6) is -0.854. The van der Waals surface area contributed by atoms with Gasteiger partial charge in [-0.3, -0.25) is 9.69 Å². The fourth-order valence-corrected chi connectivity index (χ4v) is 5.02. The lowest BCUT2D eigenvalue weighted by Gasteiger charge is -2.33. The van der Waals surface area contributed by atoms with E-state index in [9.17, 15) is 17.6 Å². The summed E-state index contributed by atoms with van der Waals surface area (Å²) in [6.07, 6.45) is 0.972. The number of rotatable bonds is 7. The highest BCUT2D eigenvalue weighted by molar-refractivity contribution is 7.89. The van der Waals surface area contributed by atoms with Gasteiger partial charge >= 0.3 is 0 Å². The van der Waals surface area contributed by atoms with Crippen LogP contribution in [0, 0.1) is 5.82 Å². The van der Waals surface area contributed by atoms with Gasteiger partial charge in [0, 0.05) is 26.2 Å². The zero-order valence-electron chi connectivity index (χ0n) is 17.3. The third kappa shape index (κ3) is 5.24. The number of benzene rings is 2. The smallest absolute Gasteiger partial charge is 0.246 e. The maximum Gasteiger partial charge on any atom is 0.246 e. The number of piperazine rings is 1. The minimum atomic E-state index is -3.87. The SMILES string of the molecule is CCc1ccc(C(C)NC(=O)CN2CCN(S(=O)(=O)c3ccccc3F)CC2)cc1. The Labute approximate surface area is 177 Å². The minimum Gasteiger partial charge on any atom is -0.348 e. The number of carbonyl (C=O) groups excluding carboxylic acids is 1. The molecule has 0 radical (unpaired) electrons. The van der Waals surface area contributed by atoms with Gasteiger partial charge in [0.15, 0.2) is 0 Å². The lowest BCUT2D eigenvalue weighted by atomic mass is 10.1. The molecule has 1 heterocycles. The third-order valence-electron chi connectivity index (χ3n) is 5.42. The molecule has 1 atom stereocenters. The normalized spacial score (nSPS) is 16.9. The van der Waals surface area contributed by atoms with Crippen LogP contribution in [0.15, 0.2) is 53.4 Å². The van der Waals surface area contributed by atoms with Gasteiger partial charge in [0.1, 0.15) is 10.7 Å². The van der Waals surface area contributed by atoms with Crippen molar-refractivity contribution in [2.24, 2.45) is 0 Å². The molecular weight excluding hydrogens is 405 g/mol. The Morgan fingerprint density at radius 2 is 1.70 bits per heavy atom. The van der Waals surface area contributed by atoms with Crippen LogP contribution in [0.2, 0.25) is 0 Å². The zero-order chi connectivity index (χ0) is 21.7. The number of halogens is 1. The van der Waals surface area contributed by atoms with Crippen LogP contribution in [0.25, 0.3) is 0 Å². The van der Waals surface area contributed by atoms with Crippen LogP contribution in [-0.2, 0) is 21.2 Å². The van der Waals surface area contributed by atoms with Gasteiger partial charge in [-0.2, -0.15) is 4.31 Å². The van der Waals surface area contributed by atoms with Crippen molar-refractivity contribution in [3.8, 4) is 0 Å². The van der Waals surface area contributed by atoms with E-state index in [0.29, 0.717) is 13.1 Å². The van der Waals surface area contributed by atoms with E-state index in [1.807, 2.05) is 24.0 Å². The molecular formula is C22H28FN3O3S. The summed E-state index contributed by atoms with van der Waals surface area (Å²) in [7, 11) is -3.87. The summed E-state index contributed by atoms with van der Waals surface area (Å²) in [5, 5.41) is 2.99. The van der Waals surface area contributed by atoms with Crippen molar-refractivity contribution in [2.45, 2.75) is 31.2 Å². The van der Waals surface area contributed by atoms with Crippen LogP contribution in [-0.4, -0.2) is 56.3 Å². The number of hydrogen-bond acceptors (Lipinski definition) is 4. The molecule has 162 valence electrons. The molecule has 2 aromatic rings. The lowest BCUT2D eigenvalue weighted by molar-refractivity contribution is -0.123. The molecule has 1 saturated heterocycles. The molecule has 0 bridgehead atoms. The van der Waals surface area contributed by atoms with E-state index in [0.717, 1.165) is 18.1 Å². The monoisotopic (exact) mass is 433 g/mol. The number of amides is 1. The number of hydrogen-bond donors (Lipinski definition) is 1. The molecule has 1 amide bonds. The minimum absolute atomic E-state index is 0.104. The van der Waals surface area contributed by atoms with Gasteiger partial charge < -0.3 is 5.32 Å². The standard InChI is InChI=1S/C22H28FN3O3S/c1-3-18-8-10-19(11-9-18)17(2)24-22(27)16-25-12-14-26(15-13-25)30(28,29)21-7-5-4-6-20(21)23/h4-11,17H,3,12-16H2,1-2H3,(H,24,27). The highest BCUT2D eigenvalue weighted by Gasteiger charge is 2.30. The van der Waals surface area contributed by atoms with Crippen molar-refractivity contribution in [3.63, 3.8) is 0 Å². The van der Waals surface area contributed by atoms with Gasteiger partial charge in [0.05, 0.1) is 12.6 Å². The molecule has 2 aromatic carbocycles. The van der Waals surface area contributed by atoms with Crippen LogP contribution < -0.4 is 5.32 Å². The van der Waals surface area contributed by atoms with Gasteiger partial charge in [0.2, 0.25) is 15.9 Å². The Kier molecular flexibility index (Phi) is 7.23. The van der Waals surface area contributed by atoms with Crippen LogP contribution in [0.3, 0.4) is 0 Å². The highest BCUT2D eigenvalue weighted by atomic mass is 32.2. The number of carbonyl (C=O) groups is 1. The molecule has 0 spiro atoms. The first-order valence-electron chi connectivity index (χ1n) is 10.2. The molecule has 6 nitrogen and oxygen atoms in total. The van der Waals surface area contributed by atoms with E-state index >= 15 is 0 Å². The second-order valence-electron chi connectivity index (χ2n) is 7.49. The van der Waals surface area contributed by atoms with E-state index in [1.54, 1.807) is 0 Å². The van der Waals surface area contributed by atoms with Crippen LogP contribution in [0.1, 0.15) is 31.0 Å². The molecule has 1 N–H and O–H groups in total. The number of nitrogens with one attached hydrogen (secondary N) is 1. The predicted octanol–water partition coefficient (Wildman–Crippen LogP) is 2.57. The fraction of sp³-hybridized carbons (Fsp3) is 0.409. The molecule has 3 rings (SSSR count). The van der Waals surface area contributed by atoms with E-state index in [-0.39, 0.29) is 36.5 Å². The predicted molar refractivity (Wildman–Crippen MR) is 114 cm³/mol. The first-order chi connectivity index (χ1) is 14.3. The summed E-state index contributed by atoms with van der Waals surface area (Å²) in [6, 6.07) is 13.5. The average molecular weight is 434 g/mol.